The molecule has 1 amide bonds. The van der Waals surface area contributed by atoms with Crippen molar-refractivity contribution in [3.63, 3.8) is 0 Å². The van der Waals surface area contributed by atoms with E-state index in [0.29, 0.717) is 13.0 Å². The van der Waals surface area contributed by atoms with Gasteiger partial charge in [0.05, 0.1) is 13.2 Å². The molecule has 1 saturated heterocycles. The molecular weight excluding hydrogens is 194 g/mol. The zero-order chi connectivity index (χ0) is 11.3. The predicted octanol–water partition coefficient (Wildman–Crippen LogP) is -0.876. The Labute approximate surface area is 91.2 Å². The lowest BCUT2D eigenvalue weighted by atomic mass is 10.1. The first-order chi connectivity index (χ1) is 7.15. The van der Waals surface area contributed by atoms with Crippen LogP contribution in [0.3, 0.4) is 0 Å². The highest BCUT2D eigenvalue weighted by Crippen LogP contribution is 2.07. The zero-order valence-electron chi connectivity index (χ0n) is 9.61. The maximum atomic E-state index is 11.6. The van der Waals surface area contributed by atoms with Gasteiger partial charge in [0.2, 0.25) is 5.91 Å². The second-order valence-corrected chi connectivity index (χ2v) is 4.03. The second-order valence-electron chi connectivity index (χ2n) is 4.03. The molecule has 0 spiro atoms. The fraction of sp³-hybridized carbons (Fsp3) is 0.900. The third-order valence-electron chi connectivity index (χ3n) is 2.74. The molecule has 2 N–H and O–H groups in total. The van der Waals surface area contributed by atoms with Gasteiger partial charge in [-0.15, -0.1) is 0 Å². The lowest BCUT2D eigenvalue weighted by Gasteiger charge is -2.33. The standard InChI is InChI=1S/C10H21N3O2/c1-12(2)10(14)7-9(8-11)13-3-5-15-6-4-13/h9H,3-8,11H2,1-2H3. The van der Waals surface area contributed by atoms with Crippen LogP contribution in [0.5, 0.6) is 0 Å². The summed E-state index contributed by atoms with van der Waals surface area (Å²) in [6, 6.07) is 0.156. The third kappa shape index (κ3) is 3.77. The van der Waals surface area contributed by atoms with Crippen molar-refractivity contribution in [1.29, 1.82) is 0 Å². The molecule has 1 unspecified atom stereocenters. The minimum atomic E-state index is 0.136. The molecule has 5 nitrogen and oxygen atoms in total. The molecule has 1 rings (SSSR count). The molecule has 15 heavy (non-hydrogen) atoms. The second kappa shape index (κ2) is 6.05. The molecule has 88 valence electrons. The molecule has 1 fully saturated rings. The molecule has 1 aliphatic rings. The van der Waals surface area contributed by atoms with Crippen LogP contribution in [-0.4, -0.2) is 68.7 Å². The van der Waals surface area contributed by atoms with Crippen LogP contribution in [-0.2, 0) is 9.53 Å². The number of ether oxygens (including phenoxy) is 1. The van der Waals surface area contributed by atoms with E-state index in [9.17, 15) is 4.79 Å². The maximum absolute atomic E-state index is 11.6. The number of hydrogen-bond acceptors (Lipinski definition) is 4. The average Bonchev–Trinajstić information content (AvgIpc) is 2.26. The Morgan fingerprint density at radius 1 is 1.47 bits per heavy atom. The van der Waals surface area contributed by atoms with Crippen LogP contribution in [0.1, 0.15) is 6.42 Å². The van der Waals surface area contributed by atoms with E-state index in [2.05, 4.69) is 4.90 Å². The minimum absolute atomic E-state index is 0.136. The summed E-state index contributed by atoms with van der Waals surface area (Å²) in [6.45, 7) is 3.77. The molecule has 5 heteroatoms. The Hall–Kier alpha value is -0.650. The SMILES string of the molecule is CN(C)C(=O)CC(CN)N1CCOCC1. The first-order valence-electron chi connectivity index (χ1n) is 5.37. The molecule has 0 aromatic heterocycles. The van der Waals surface area contributed by atoms with Gasteiger partial charge in [-0.2, -0.15) is 0 Å². The fourth-order valence-corrected chi connectivity index (χ4v) is 1.69. The Bertz CT molecular complexity index is 203. The number of nitrogens with zero attached hydrogens (tertiary/aromatic N) is 2. The highest BCUT2D eigenvalue weighted by Gasteiger charge is 2.22. The molecule has 1 atom stereocenters. The Kier molecular flexibility index (Phi) is 5.01. The highest BCUT2D eigenvalue weighted by atomic mass is 16.5. The lowest BCUT2D eigenvalue weighted by molar-refractivity contribution is -0.130. The van der Waals surface area contributed by atoms with Crippen molar-refractivity contribution >= 4 is 5.91 Å². The number of rotatable bonds is 4. The van der Waals surface area contributed by atoms with E-state index in [4.69, 9.17) is 10.5 Å². The molecule has 0 bridgehead atoms. The van der Waals surface area contributed by atoms with Crippen molar-refractivity contribution in [2.75, 3.05) is 46.9 Å². The van der Waals surface area contributed by atoms with Crippen LogP contribution in [0.2, 0.25) is 0 Å². The van der Waals surface area contributed by atoms with Crippen LogP contribution >= 0.6 is 0 Å². The first-order valence-corrected chi connectivity index (χ1v) is 5.37. The molecule has 0 aromatic rings. The number of carbonyl (C=O) groups is 1. The number of hydrogen-bond donors (Lipinski definition) is 1. The summed E-state index contributed by atoms with van der Waals surface area (Å²) >= 11 is 0. The molecular formula is C10H21N3O2. The lowest BCUT2D eigenvalue weighted by Crippen LogP contribution is -2.48. The first kappa shape index (κ1) is 12.4. The topological polar surface area (TPSA) is 58.8 Å². The van der Waals surface area contributed by atoms with Gasteiger partial charge in [0, 0.05) is 46.2 Å². The summed E-state index contributed by atoms with van der Waals surface area (Å²) in [7, 11) is 3.55. The molecule has 0 aromatic carbocycles. The molecule has 0 saturated carbocycles. The van der Waals surface area contributed by atoms with E-state index >= 15 is 0 Å². The monoisotopic (exact) mass is 215 g/mol. The van der Waals surface area contributed by atoms with E-state index in [-0.39, 0.29) is 11.9 Å². The molecule has 1 heterocycles. The van der Waals surface area contributed by atoms with Crippen LogP contribution in [0, 0.1) is 0 Å². The van der Waals surface area contributed by atoms with Crippen LogP contribution in [0.25, 0.3) is 0 Å². The minimum Gasteiger partial charge on any atom is -0.379 e. The Balaban J connectivity index is 2.43. The number of carbonyl (C=O) groups excluding carboxylic acids is 1. The van der Waals surface area contributed by atoms with Crippen molar-refractivity contribution in [3.05, 3.63) is 0 Å². The molecule has 0 radical (unpaired) electrons. The maximum Gasteiger partial charge on any atom is 0.223 e. The fourth-order valence-electron chi connectivity index (χ4n) is 1.69. The third-order valence-corrected chi connectivity index (χ3v) is 2.74. The van der Waals surface area contributed by atoms with Gasteiger partial charge in [0.25, 0.3) is 0 Å². The van der Waals surface area contributed by atoms with Crippen LogP contribution in [0.15, 0.2) is 0 Å². The summed E-state index contributed by atoms with van der Waals surface area (Å²) in [6.07, 6.45) is 0.503. The van der Waals surface area contributed by atoms with Gasteiger partial charge >= 0.3 is 0 Å². The van der Waals surface area contributed by atoms with Gasteiger partial charge in [0.15, 0.2) is 0 Å². The van der Waals surface area contributed by atoms with Gasteiger partial charge in [-0.1, -0.05) is 0 Å². The van der Waals surface area contributed by atoms with Gasteiger partial charge in [-0.3, -0.25) is 9.69 Å². The van der Waals surface area contributed by atoms with Crippen molar-refractivity contribution in [2.24, 2.45) is 5.73 Å². The van der Waals surface area contributed by atoms with E-state index in [1.54, 1.807) is 19.0 Å². The summed E-state index contributed by atoms with van der Waals surface area (Å²) in [5.74, 6) is 0.136. The van der Waals surface area contributed by atoms with Crippen molar-refractivity contribution < 1.29 is 9.53 Å². The molecule has 0 aliphatic carbocycles. The van der Waals surface area contributed by atoms with Gasteiger partial charge in [-0.25, -0.2) is 0 Å². The van der Waals surface area contributed by atoms with Gasteiger partial charge in [-0.05, 0) is 0 Å². The quantitative estimate of drug-likeness (QED) is 0.662. The summed E-state index contributed by atoms with van der Waals surface area (Å²) < 4.78 is 5.27. The van der Waals surface area contributed by atoms with E-state index in [1.165, 1.54) is 0 Å². The Morgan fingerprint density at radius 3 is 2.53 bits per heavy atom. The Morgan fingerprint density at radius 2 is 2.07 bits per heavy atom. The predicted molar refractivity (Wildman–Crippen MR) is 58.5 cm³/mol. The summed E-state index contributed by atoms with van der Waals surface area (Å²) in [4.78, 5) is 15.4. The average molecular weight is 215 g/mol. The number of morpholine rings is 1. The normalized spacial score (nSPS) is 19.9. The number of nitrogens with two attached hydrogens (primary N) is 1. The van der Waals surface area contributed by atoms with E-state index < -0.39 is 0 Å². The van der Waals surface area contributed by atoms with Crippen molar-refractivity contribution in [2.45, 2.75) is 12.5 Å². The highest BCUT2D eigenvalue weighted by molar-refractivity contribution is 5.76. The molecule has 1 aliphatic heterocycles. The van der Waals surface area contributed by atoms with Gasteiger partial charge in [0.1, 0.15) is 0 Å². The smallest absolute Gasteiger partial charge is 0.223 e. The van der Waals surface area contributed by atoms with E-state index in [1.807, 2.05) is 0 Å². The van der Waals surface area contributed by atoms with Gasteiger partial charge < -0.3 is 15.4 Å². The van der Waals surface area contributed by atoms with Crippen molar-refractivity contribution in [1.82, 2.24) is 9.80 Å². The van der Waals surface area contributed by atoms with Crippen LogP contribution in [0.4, 0.5) is 0 Å². The summed E-state index contributed by atoms with van der Waals surface area (Å²) in [5.41, 5.74) is 5.70. The van der Waals surface area contributed by atoms with Crippen molar-refractivity contribution in [3.8, 4) is 0 Å². The van der Waals surface area contributed by atoms with Crippen LogP contribution < -0.4 is 5.73 Å². The summed E-state index contributed by atoms with van der Waals surface area (Å²) in [5, 5.41) is 0. The number of amides is 1. The largest absolute Gasteiger partial charge is 0.379 e. The van der Waals surface area contributed by atoms with E-state index in [0.717, 1.165) is 26.3 Å². The zero-order valence-corrected chi connectivity index (χ0v) is 9.61.